The number of fused-ring (bicyclic) bond motifs is 1. The molecule has 0 atom stereocenters. The summed E-state index contributed by atoms with van der Waals surface area (Å²) >= 11 is 1.51. The van der Waals surface area contributed by atoms with Crippen LogP contribution in [0.15, 0.2) is 33.7 Å². The Balaban J connectivity index is 1.73. The third-order valence-electron chi connectivity index (χ3n) is 4.10. The molecule has 1 aliphatic heterocycles. The maximum absolute atomic E-state index is 12.6. The van der Waals surface area contributed by atoms with Crippen molar-refractivity contribution >= 4 is 29.3 Å². The van der Waals surface area contributed by atoms with Gasteiger partial charge in [0, 0.05) is 17.5 Å². The third-order valence-corrected chi connectivity index (χ3v) is 5.15. The van der Waals surface area contributed by atoms with E-state index in [1.54, 1.807) is 16.8 Å². The Labute approximate surface area is 144 Å². The lowest BCUT2D eigenvalue weighted by Crippen LogP contribution is -2.43. The molecule has 1 aromatic carbocycles. The lowest BCUT2D eigenvalue weighted by molar-refractivity contribution is -0.130. The quantitative estimate of drug-likeness (QED) is 0.851. The van der Waals surface area contributed by atoms with Crippen LogP contribution in [-0.4, -0.2) is 41.2 Å². The van der Waals surface area contributed by atoms with Crippen LogP contribution in [0, 0.1) is 13.8 Å². The molecule has 24 heavy (non-hydrogen) atoms. The van der Waals surface area contributed by atoms with Crippen LogP contribution in [0.2, 0.25) is 0 Å². The van der Waals surface area contributed by atoms with Crippen LogP contribution in [0.25, 0.3) is 0 Å². The number of aryl methyl sites for hydroxylation is 2. The first kappa shape index (κ1) is 16.6. The Kier molecular flexibility index (Phi) is 4.62. The van der Waals surface area contributed by atoms with Crippen molar-refractivity contribution in [2.45, 2.75) is 25.3 Å². The zero-order chi connectivity index (χ0) is 17.3. The number of nitrogens with zero attached hydrogens (tertiary/aromatic N) is 3. The lowest BCUT2D eigenvalue weighted by Gasteiger charge is -2.30. The van der Waals surface area contributed by atoms with E-state index < -0.39 is 0 Å². The van der Waals surface area contributed by atoms with E-state index >= 15 is 0 Å². The molecular formula is C17H19N3O3S. The number of amides is 2. The molecule has 0 radical (unpaired) electrons. The van der Waals surface area contributed by atoms with Crippen LogP contribution in [-0.2, 0) is 16.1 Å². The van der Waals surface area contributed by atoms with Crippen molar-refractivity contribution in [3.63, 3.8) is 0 Å². The van der Waals surface area contributed by atoms with Crippen molar-refractivity contribution in [3.05, 3.63) is 41.3 Å². The van der Waals surface area contributed by atoms with Gasteiger partial charge in [0.15, 0.2) is 0 Å². The first-order chi connectivity index (χ1) is 11.5. The number of aromatic nitrogens is 1. The molecule has 2 heterocycles. The van der Waals surface area contributed by atoms with Crippen LogP contribution in [0.1, 0.15) is 17.0 Å². The van der Waals surface area contributed by atoms with Gasteiger partial charge < -0.3 is 14.3 Å². The molecule has 0 unspecified atom stereocenters. The van der Waals surface area contributed by atoms with E-state index in [1.807, 2.05) is 38.1 Å². The van der Waals surface area contributed by atoms with E-state index in [9.17, 15) is 9.59 Å². The van der Waals surface area contributed by atoms with E-state index in [0.29, 0.717) is 18.1 Å². The molecule has 0 aliphatic carbocycles. The fourth-order valence-corrected chi connectivity index (χ4v) is 3.57. The van der Waals surface area contributed by atoms with Gasteiger partial charge >= 0.3 is 0 Å². The highest BCUT2D eigenvalue weighted by Gasteiger charge is 2.27. The summed E-state index contributed by atoms with van der Waals surface area (Å²) < 4.78 is 5.13. The van der Waals surface area contributed by atoms with Gasteiger partial charge in [-0.2, -0.15) is 0 Å². The van der Waals surface area contributed by atoms with Crippen molar-refractivity contribution in [1.29, 1.82) is 0 Å². The van der Waals surface area contributed by atoms with Gasteiger partial charge in [0.2, 0.25) is 11.8 Å². The zero-order valence-electron chi connectivity index (χ0n) is 13.9. The standard InChI is InChI=1S/C17H19N3O3S/c1-11-13(12(2)23-18-11)8-19(3)16(21)9-20-14-6-4-5-7-15(14)24-10-17(20)22/h4-7H,8-10H2,1-3H3. The summed E-state index contributed by atoms with van der Waals surface area (Å²) in [5.41, 5.74) is 2.49. The molecule has 2 amide bonds. The number of likely N-dealkylation sites (N-methyl/N-ethyl adjacent to an activating group) is 1. The number of benzene rings is 1. The number of rotatable bonds is 4. The highest BCUT2D eigenvalue weighted by Crippen LogP contribution is 2.34. The second-order valence-electron chi connectivity index (χ2n) is 5.79. The number of carbonyl (C=O) groups is 2. The number of anilines is 1. The van der Waals surface area contributed by atoms with E-state index in [-0.39, 0.29) is 18.4 Å². The molecule has 2 aromatic rings. The normalized spacial score (nSPS) is 13.8. The first-order valence-corrected chi connectivity index (χ1v) is 8.64. The molecule has 126 valence electrons. The minimum atomic E-state index is -0.120. The number of hydrogen-bond acceptors (Lipinski definition) is 5. The largest absolute Gasteiger partial charge is 0.361 e. The predicted molar refractivity (Wildman–Crippen MR) is 92.0 cm³/mol. The Morgan fingerprint density at radius 1 is 1.38 bits per heavy atom. The van der Waals surface area contributed by atoms with Crippen molar-refractivity contribution in [2.75, 3.05) is 24.2 Å². The summed E-state index contributed by atoms with van der Waals surface area (Å²) in [6.07, 6.45) is 0. The van der Waals surface area contributed by atoms with E-state index in [2.05, 4.69) is 5.16 Å². The topological polar surface area (TPSA) is 66.7 Å². The van der Waals surface area contributed by atoms with E-state index in [1.165, 1.54) is 11.8 Å². The fraction of sp³-hybridized carbons (Fsp3) is 0.353. The Hall–Kier alpha value is -2.28. The molecule has 1 aromatic heterocycles. The Bertz CT molecular complexity index is 768. The molecule has 0 fully saturated rings. The smallest absolute Gasteiger partial charge is 0.242 e. The third kappa shape index (κ3) is 3.17. The molecule has 6 nitrogen and oxygen atoms in total. The van der Waals surface area contributed by atoms with Gasteiger partial charge in [-0.15, -0.1) is 11.8 Å². The molecular weight excluding hydrogens is 326 g/mol. The molecule has 0 spiro atoms. The van der Waals surface area contributed by atoms with Crippen molar-refractivity contribution in [2.24, 2.45) is 0 Å². The summed E-state index contributed by atoms with van der Waals surface area (Å²) in [6, 6.07) is 7.66. The van der Waals surface area contributed by atoms with E-state index in [0.717, 1.165) is 21.8 Å². The molecule has 7 heteroatoms. The second kappa shape index (κ2) is 6.68. The van der Waals surface area contributed by atoms with Gasteiger partial charge in [-0.1, -0.05) is 17.3 Å². The van der Waals surface area contributed by atoms with Crippen LogP contribution in [0.4, 0.5) is 5.69 Å². The van der Waals surface area contributed by atoms with Crippen molar-refractivity contribution in [1.82, 2.24) is 10.1 Å². The summed E-state index contributed by atoms with van der Waals surface area (Å²) in [7, 11) is 1.73. The second-order valence-corrected chi connectivity index (χ2v) is 6.81. The maximum atomic E-state index is 12.6. The average Bonchev–Trinajstić information content (AvgIpc) is 2.89. The highest BCUT2D eigenvalue weighted by molar-refractivity contribution is 8.00. The summed E-state index contributed by atoms with van der Waals surface area (Å²) in [6.45, 7) is 4.13. The number of thioether (sulfide) groups is 1. The maximum Gasteiger partial charge on any atom is 0.242 e. The Morgan fingerprint density at radius 2 is 2.12 bits per heavy atom. The van der Waals surface area contributed by atoms with Crippen LogP contribution < -0.4 is 4.90 Å². The number of carbonyl (C=O) groups excluding carboxylic acids is 2. The molecule has 0 saturated heterocycles. The van der Waals surface area contributed by atoms with E-state index in [4.69, 9.17) is 4.52 Å². The average molecular weight is 345 g/mol. The molecule has 0 bridgehead atoms. The monoisotopic (exact) mass is 345 g/mol. The summed E-state index contributed by atoms with van der Waals surface area (Å²) in [5.74, 6) is 0.906. The zero-order valence-corrected chi connectivity index (χ0v) is 14.7. The predicted octanol–water partition coefficient (Wildman–Crippen LogP) is 2.39. The Morgan fingerprint density at radius 3 is 2.83 bits per heavy atom. The summed E-state index contributed by atoms with van der Waals surface area (Å²) in [4.78, 5) is 29.0. The van der Waals surface area contributed by atoms with Gasteiger partial charge in [-0.3, -0.25) is 9.59 Å². The molecule has 3 rings (SSSR count). The minimum absolute atomic E-state index is 0.0380. The lowest BCUT2D eigenvalue weighted by atomic mass is 10.2. The molecule has 1 aliphatic rings. The molecule has 0 saturated carbocycles. The SMILES string of the molecule is Cc1noc(C)c1CN(C)C(=O)CN1C(=O)CSc2ccccc21. The van der Waals surface area contributed by atoms with Gasteiger partial charge in [0.25, 0.3) is 0 Å². The first-order valence-electron chi connectivity index (χ1n) is 7.65. The van der Waals surface area contributed by atoms with Gasteiger partial charge in [0.1, 0.15) is 12.3 Å². The summed E-state index contributed by atoms with van der Waals surface area (Å²) in [5, 5.41) is 3.91. The molecule has 0 N–H and O–H groups in total. The highest BCUT2D eigenvalue weighted by atomic mass is 32.2. The van der Waals surface area contributed by atoms with Crippen LogP contribution >= 0.6 is 11.8 Å². The fourth-order valence-electron chi connectivity index (χ4n) is 2.64. The number of hydrogen-bond donors (Lipinski definition) is 0. The van der Waals surface area contributed by atoms with Gasteiger partial charge in [-0.25, -0.2) is 0 Å². The van der Waals surface area contributed by atoms with Gasteiger partial charge in [0.05, 0.1) is 23.7 Å². The van der Waals surface area contributed by atoms with Crippen LogP contribution in [0.3, 0.4) is 0 Å². The van der Waals surface area contributed by atoms with Crippen molar-refractivity contribution in [3.8, 4) is 0 Å². The van der Waals surface area contributed by atoms with Crippen LogP contribution in [0.5, 0.6) is 0 Å². The minimum Gasteiger partial charge on any atom is -0.361 e. The number of para-hydroxylation sites is 1. The van der Waals surface area contributed by atoms with Gasteiger partial charge in [-0.05, 0) is 26.0 Å². The van der Waals surface area contributed by atoms with Crippen molar-refractivity contribution < 1.29 is 14.1 Å².